The lowest BCUT2D eigenvalue weighted by molar-refractivity contribution is -0.131. The van der Waals surface area contributed by atoms with Gasteiger partial charge in [0.25, 0.3) is 0 Å². The van der Waals surface area contributed by atoms with E-state index in [1.54, 1.807) is 48.2 Å². The number of hydrogen-bond acceptors (Lipinski definition) is 3. The molecule has 0 unspecified atom stereocenters. The fraction of sp³-hybridized carbons (Fsp3) is 0.333. The summed E-state index contributed by atoms with van der Waals surface area (Å²) in [7, 11) is 3.54. The molecule has 27 heavy (non-hydrogen) atoms. The van der Waals surface area contributed by atoms with Crippen LogP contribution >= 0.6 is 11.6 Å². The Hall–Kier alpha value is -2.37. The molecule has 2 amide bonds. The third-order valence-corrected chi connectivity index (χ3v) is 4.53. The zero-order chi connectivity index (χ0) is 20.0. The number of rotatable bonds is 7. The number of likely N-dealkylation sites (N-methyl/N-ethyl adjacent to an activating group) is 2. The van der Waals surface area contributed by atoms with Crippen LogP contribution in [0.2, 0.25) is 5.02 Å². The van der Waals surface area contributed by atoms with E-state index in [1.807, 2.05) is 13.0 Å². The molecule has 2 rings (SSSR count). The molecule has 0 aliphatic heterocycles. The highest BCUT2D eigenvalue weighted by molar-refractivity contribution is 6.30. The maximum Gasteiger partial charge on any atom is 0.238 e. The first kappa shape index (κ1) is 20.9. The fourth-order valence-corrected chi connectivity index (χ4v) is 2.88. The van der Waals surface area contributed by atoms with Crippen molar-refractivity contribution in [2.24, 2.45) is 0 Å². The van der Waals surface area contributed by atoms with Gasteiger partial charge in [-0.05, 0) is 56.3 Å². The van der Waals surface area contributed by atoms with Crippen LogP contribution in [0.25, 0.3) is 0 Å². The molecule has 0 atom stereocenters. The van der Waals surface area contributed by atoms with Crippen molar-refractivity contribution in [3.63, 3.8) is 0 Å². The Labute approximate surface area is 165 Å². The van der Waals surface area contributed by atoms with Crippen molar-refractivity contribution in [1.29, 1.82) is 0 Å². The van der Waals surface area contributed by atoms with Crippen LogP contribution in [-0.2, 0) is 16.1 Å². The molecule has 0 heterocycles. The molecule has 0 radical (unpaired) electrons. The number of carbonyl (C=O) groups is 2. The molecule has 0 spiro atoms. The molecule has 0 aliphatic rings. The van der Waals surface area contributed by atoms with Gasteiger partial charge in [-0.25, -0.2) is 0 Å². The Balaban J connectivity index is 1.83. The predicted molar refractivity (Wildman–Crippen MR) is 110 cm³/mol. The van der Waals surface area contributed by atoms with Crippen molar-refractivity contribution in [3.8, 4) is 0 Å². The predicted octanol–water partition coefficient (Wildman–Crippen LogP) is 3.49. The highest BCUT2D eigenvalue weighted by Crippen LogP contribution is 2.14. The number of benzene rings is 2. The number of carbonyl (C=O) groups excluding carboxylic acids is 2. The third kappa shape index (κ3) is 6.70. The molecule has 0 aromatic heterocycles. The molecule has 1 N–H and O–H groups in total. The van der Waals surface area contributed by atoms with Crippen LogP contribution in [0.1, 0.15) is 16.7 Å². The number of anilines is 1. The highest BCUT2D eigenvalue weighted by Gasteiger charge is 2.15. The van der Waals surface area contributed by atoms with E-state index in [4.69, 9.17) is 11.6 Å². The van der Waals surface area contributed by atoms with Gasteiger partial charge in [-0.2, -0.15) is 0 Å². The van der Waals surface area contributed by atoms with Crippen LogP contribution in [0, 0.1) is 13.8 Å². The average Bonchev–Trinajstić information content (AvgIpc) is 2.59. The monoisotopic (exact) mass is 387 g/mol. The highest BCUT2D eigenvalue weighted by atomic mass is 35.5. The number of hydrogen-bond donors (Lipinski definition) is 1. The Morgan fingerprint density at radius 2 is 1.67 bits per heavy atom. The van der Waals surface area contributed by atoms with Crippen molar-refractivity contribution >= 4 is 29.1 Å². The molecule has 0 saturated carbocycles. The van der Waals surface area contributed by atoms with E-state index in [-0.39, 0.29) is 24.9 Å². The van der Waals surface area contributed by atoms with E-state index in [2.05, 4.69) is 24.4 Å². The average molecular weight is 388 g/mol. The summed E-state index contributed by atoms with van der Waals surface area (Å²) in [4.78, 5) is 28.0. The van der Waals surface area contributed by atoms with E-state index < -0.39 is 0 Å². The van der Waals surface area contributed by atoms with Gasteiger partial charge in [-0.1, -0.05) is 35.4 Å². The summed E-state index contributed by atoms with van der Waals surface area (Å²) in [5.74, 6) is -0.207. The molecule has 6 heteroatoms. The molecule has 5 nitrogen and oxygen atoms in total. The van der Waals surface area contributed by atoms with Crippen molar-refractivity contribution in [2.45, 2.75) is 20.4 Å². The van der Waals surface area contributed by atoms with E-state index in [0.29, 0.717) is 17.3 Å². The van der Waals surface area contributed by atoms with Gasteiger partial charge in [0.2, 0.25) is 11.8 Å². The van der Waals surface area contributed by atoms with Crippen molar-refractivity contribution in [2.75, 3.05) is 32.5 Å². The van der Waals surface area contributed by atoms with Gasteiger partial charge in [-0.15, -0.1) is 0 Å². The summed E-state index contributed by atoms with van der Waals surface area (Å²) < 4.78 is 0. The Bertz CT molecular complexity index is 806. The van der Waals surface area contributed by atoms with Crippen molar-refractivity contribution < 1.29 is 9.59 Å². The maximum absolute atomic E-state index is 12.5. The summed E-state index contributed by atoms with van der Waals surface area (Å²) >= 11 is 5.83. The lowest BCUT2D eigenvalue weighted by Gasteiger charge is -2.22. The molecular weight excluding hydrogens is 362 g/mol. The summed E-state index contributed by atoms with van der Waals surface area (Å²) in [6, 6.07) is 13.1. The number of halogens is 1. The van der Waals surface area contributed by atoms with Crippen LogP contribution in [0.3, 0.4) is 0 Å². The summed E-state index contributed by atoms with van der Waals surface area (Å²) in [6.07, 6.45) is 0. The van der Waals surface area contributed by atoms with Gasteiger partial charge in [-0.3, -0.25) is 14.5 Å². The first-order chi connectivity index (χ1) is 12.7. The third-order valence-electron chi connectivity index (χ3n) is 4.28. The number of amides is 2. The molecule has 144 valence electrons. The number of nitrogens with zero attached hydrogens (tertiary/aromatic N) is 2. The van der Waals surface area contributed by atoms with Gasteiger partial charge in [0.15, 0.2) is 0 Å². The molecular formula is C21H26ClN3O2. The SMILES string of the molecule is Cc1ccc(CN(C)C(=O)CN(C)CC(=O)Nc2ccc(Cl)cc2)c(C)c1. The normalized spacial score (nSPS) is 10.7. The second-order valence-corrected chi connectivity index (χ2v) is 7.34. The molecule has 0 fully saturated rings. The molecule has 0 bridgehead atoms. The quantitative estimate of drug-likeness (QED) is 0.791. The van der Waals surface area contributed by atoms with Gasteiger partial charge in [0.1, 0.15) is 0 Å². The fourth-order valence-electron chi connectivity index (χ4n) is 2.75. The number of nitrogens with one attached hydrogen (secondary N) is 1. The molecule has 2 aromatic carbocycles. The lowest BCUT2D eigenvalue weighted by Crippen LogP contribution is -2.39. The van der Waals surface area contributed by atoms with Crippen LogP contribution in [0.15, 0.2) is 42.5 Å². The minimum absolute atomic E-state index is 0.0308. The Kier molecular flexibility index (Phi) is 7.39. The van der Waals surface area contributed by atoms with E-state index in [1.165, 1.54) is 11.1 Å². The van der Waals surface area contributed by atoms with E-state index >= 15 is 0 Å². The maximum atomic E-state index is 12.5. The van der Waals surface area contributed by atoms with Gasteiger partial charge < -0.3 is 10.2 Å². The molecule has 0 saturated heterocycles. The Morgan fingerprint density at radius 1 is 1.00 bits per heavy atom. The zero-order valence-electron chi connectivity index (χ0n) is 16.3. The zero-order valence-corrected chi connectivity index (χ0v) is 17.0. The van der Waals surface area contributed by atoms with E-state index in [9.17, 15) is 9.59 Å². The second-order valence-electron chi connectivity index (χ2n) is 6.91. The second kappa shape index (κ2) is 9.53. The summed E-state index contributed by atoms with van der Waals surface area (Å²) in [6.45, 7) is 4.96. The summed E-state index contributed by atoms with van der Waals surface area (Å²) in [5, 5.41) is 3.40. The van der Waals surface area contributed by atoms with Crippen LogP contribution in [0.5, 0.6) is 0 Å². The largest absolute Gasteiger partial charge is 0.340 e. The first-order valence-electron chi connectivity index (χ1n) is 8.78. The van der Waals surface area contributed by atoms with Crippen molar-refractivity contribution in [3.05, 3.63) is 64.2 Å². The van der Waals surface area contributed by atoms with Crippen LogP contribution in [-0.4, -0.2) is 48.8 Å². The van der Waals surface area contributed by atoms with Gasteiger partial charge in [0, 0.05) is 24.3 Å². The van der Waals surface area contributed by atoms with Gasteiger partial charge in [0.05, 0.1) is 13.1 Å². The first-order valence-corrected chi connectivity index (χ1v) is 9.16. The van der Waals surface area contributed by atoms with Gasteiger partial charge >= 0.3 is 0 Å². The topological polar surface area (TPSA) is 52.7 Å². The number of aryl methyl sites for hydroxylation is 2. The van der Waals surface area contributed by atoms with E-state index in [0.717, 1.165) is 5.56 Å². The standard InChI is InChI=1S/C21H26ClN3O2/c1-15-5-6-17(16(2)11-15)12-25(4)21(27)14-24(3)13-20(26)23-19-9-7-18(22)8-10-19/h5-11H,12-14H2,1-4H3,(H,23,26). The minimum atomic E-state index is -0.176. The lowest BCUT2D eigenvalue weighted by atomic mass is 10.1. The smallest absolute Gasteiger partial charge is 0.238 e. The molecule has 2 aromatic rings. The summed E-state index contributed by atoms with van der Waals surface area (Å²) in [5.41, 5.74) is 4.18. The Morgan fingerprint density at radius 3 is 2.30 bits per heavy atom. The van der Waals surface area contributed by atoms with Crippen molar-refractivity contribution in [1.82, 2.24) is 9.80 Å². The van der Waals surface area contributed by atoms with Crippen LogP contribution < -0.4 is 5.32 Å². The minimum Gasteiger partial charge on any atom is -0.340 e. The van der Waals surface area contributed by atoms with Crippen LogP contribution in [0.4, 0.5) is 5.69 Å². The molecule has 0 aliphatic carbocycles.